The number of nitrogens with one attached hydrogen (secondary N) is 1. The van der Waals surface area contributed by atoms with Crippen LogP contribution in [0.5, 0.6) is 5.75 Å². The van der Waals surface area contributed by atoms with Crippen molar-refractivity contribution in [3.8, 4) is 5.75 Å². The van der Waals surface area contributed by atoms with Gasteiger partial charge in [-0.2, -0.15) is 0 Å². The van der Waals surface area contributed by atoms with Crippen LogP contribution in [-0.2, 0) is 14.4 Å². The summed E-state index contributed by atoms with van der Waals surface area (Å²) in [5.74, 6) is -0.161. The molecule has 2 aliphatic carbocycles. The van der Waals surface area contributed by atoms with Gasteiger partial charge >= 0.3 is 0 Å². The maximum absolute atomic E-state index is 12.6. The first-order chi connectivity index (χ1) is 14.9. The fourth-order valence-electron chi connectivity index (χ4n) is 4.78. The van der Waals surface area contributed by atoms with E-state index in [2.05, 4.69) is 21.2 Å². The van der Waals surface area contributed by atoms with Gasteiger partial charge in [-0.25, -0.2) is 0 Å². The quantitative estimate of drug-likeness (QED) is 0.517. The number of ketones is 2. The van der Waals surface area contributed by atoms with Crippen LogP contribution >= 0.6 is 12.4 Å². The zero-order valence-corrected chi connectivity index (χ0v) is 19.5. The molecule has 1 aromatic carbocycles. The molecule has 0 aromatic heterocycles. The summed E-state index contributed by atoms with van der Waals surface area (Å²) in [7, 11) is 0. The molecular weight excluding hydrogens is 430 g/mol. The van der Waals surface area contributed by atoms with Gasteiger partial charge < -0.3 is 15.0 Å². The lowest BCUT2D eigenvalue weighted by molar-refractivity contribution is -0.132. The summed E-state index contributed by atoms with van der Waals surface area (Å²) >= 11 is 0. The van der Waals surface area contributed by atoms with E-state index in [0.29, 0.717) is 12.8 Å². The second kappa shape index (κ2) is 10.5. The summed E-state index contributed by atoms with van der Waals surface area (Å²) in [5.41, 5.74) is 1.07. The van der Waals surface area contributed by atoms with E-state index in [9.17, 15) is 14.4 Å². The number of carbonyl (C=O) groups excluding carboxylic acids is 3. The van der Waals surface area contributed by atoms with Crippen LogP contribution in [0.1, 0.15) is 26.7 Å². The predicted molar refractivity (Wildman–Crippen MR) is 125 cm³/mol. The number of piperazine rings is 1. The van der Waals surface area contributed by atoms with Gasteiger partial charge in [0.2, 0.25) is 5.91 Å². The van der Waals surface area contributed by atoms with E-state index < -0.39 is 6.04 Å². The van der Waals surface area contributed by atoms with Crippen LogP contribution in [-0.4, -0.2) is 67.2 Å². The summed E-state index contributed by atoms with van der Waals surface area (Å²) < 4.78 is 5.94. The second-order valence-corrected chi connectivity index (χ2v) is 8.86. The largest absolute Gasteiger partial charge is 0.489 e. The second-order valence-electron chi connectivity index (χ2n) is 8.86. The minimum absolute atomic E-state index is 0. The van der Waals surface area contributed by atoms with Gasteiger partial charge in [0.25, 0.3) is 0 Å². The number of Topliss-reactive ketones (excluding diaryl/α,β-unsaturated/α-hetero) is 2. The van der Waals surface area contributed by atoms with E-state index in [1.807, 2.05) is 44.2 Å². The lowest BCUT2D eigenvalue weighted by Crippen LogP contribution is -2.52. The van der Waals surface area contributed by atoms with Gasteiger partial charge in [-0.05, 0) is 38.8 Å². The van der Waals surface area contributed by atoms with Crippen LogP contribution in [0.2, 0.25) is 0 Å². The number of halogens is 1. The highest BCUT2D eigenvalue weighted by Crippen LogP contribution is 2.35. The Hall–Kier alpha value is -2.38. The maximum atomic E-state index is 12.6. The zero-order valence-electron chi connectivity index (χ0n) is 18.7. The Balaban J connectivity index is 0.00000289. The molecule has 32 heavy (non-hydrogen) atoms. The van der Waals surface area contributed by atoms with Crippen molar-refractivity contribution in [3.63, 3.8) is 0 Å². The predicted octanol–water partition coefficient (Wildman–Crippen LogP) is 2.24. The molecule has 1 aromatic rings. The molecule has 174 valence electrons. The minimum Gasteiger partial charge on any atom is -0.489 e. The van der Waals surface area contributed by atoms with Gasteiger partial charge in [0, 0.05) is 38.0 Å². The average Bonchev–Trinajstić information content (AvgIpc) is 2.99. The molecule has 8 heteroatoms. The lowest BCUT2D eigenvalue weighted by atomic mass is 9.85. The number of allylic oxidation sites excluding steroid dienone is 2. The molecule has 3 aliphatic rings. The molecule has 1 amide bonds. The first kappa shape index (κ1) is 24.3. The number of hydrogen-bond acceptors (Lipinski definition) is 6. The Morgan fingerprint density at radius 3 is 2.22 bits per heavy atom. The van der Waals surface area contributed by atoms with Crippen molar-refractivity contribution in [2.24, 2.45) is 11.8 Å². The molecule has 4 rings (SSSR count). The number of rotatable bonds is 6. The fraction of sp³-hybridized carbons (Fsp3) is 0.542. The third kappa shape index (κ3) is 5.15. The molecule has 1 aliphatic heterocycles. The fourth-order valence-corrected chi connectivity index (χ4v) is 4.78. The van der Waals surface area contributed by atoms with Crippen LogP contribution < -0.4 is 15.0 Å². The van der Waals surface area contributed by atoms with E-state index in [1.54, 1.807) is 0 Å². The van der Waals surface area contributed by atoms with Crippen molar-refractivity contribution in [1.82, 2.24) is 10.2 Å². The maximum Gasteiger partial charge on any atom is 0.235 e. The summed E-state index contributed by atoms with van der Waals surface area (Å²) in [4.78, 5) is 42.1. The van der Waals surface area contributed by atoms with Crippen LogP contribution in [0.4, 0.5) is 5.69 Å². The number of carbonyl (C=O) groups is 3. The molecule has 1 saturated carbocycles. The number of para-hydroxylation sites is 2. The molecule has 1 heterocycles. The van der Waals surface area contributed by atoms with Crippen molar-refractivity contribution in [2.75, 3.05) is 37.6 Å². The van der Waals surface area contributed by atoms with Gasteiger partial charge in [0.15, 0.2) is 11.6 Å². The normalized spacial score (nSPS) is 25.5. The monoisotopic (exact) mass is 461 g/mol. The number of ether oxygens (including phenoxy) is 1. The van der Waals surface area contributed by atoms with E-state index in [1.165, 1.54) is 0 Å². The van der Waals surface area contributed by atoms with Crippen LogP contribution in [0.3, 0.4) is 0 Å². The number of nitrogens with zero attached hydrogens (tertiary/aromatic N) is 2. The number of amides is 1. The smallest absolute Gasteiger partial charge is 0.235 e. The van der Waals surface area contributed by atoms with E-state index in [0.717, 1.165) is 37.6 Å². The van der Waals surface area contributed by atoms with Crippen LogP contribution in [0.25, 0.3) is 0 Å². The molecule has 7 nitrogen and oxygen atoms in total. The molecule has 1 saturated heterocycles. The Morgan fingerprint density at radius 2 is 1.62 bits per heavy atom. The van der Waals surface area contributed by atoms with Gasteiger partial charge in [-0.1, -0.05) is 24.3 Å². The SMILES string of the molecule is CC(C)Oc1ccccc1N1CCN(CC(=O)NC2C(=O)C3CC=CCC3C2=O)CC1.Cl. The Bertz CT molecular complexity index is 854. The van der Waals surface area contributed by atoms with Crippen molar-refractivity contribution >= 4 is 35.6 Å². The summed E-state index contributed by atoms with van der Waals surface area (Å²) in [6.45, 7) is 7.24. The number of benzene rings is 1. The first-order valence-electron chi connectivity index (χ1n) is 11.2. The zero-order chi connectivity index (χ0) is 22.0. The average molecular weight is 462 g/mol. The van der Waals surface area contributed by atoms with Gasteiger partial charge in [0.1, 0.15) is 11.8 Å². The summed E-state index contributed by atoms with van der Waals surface area (Å²) in [5, 5.41) is 2.71. The standard InChI is InChI=1S/C24H31N3O4.ClH/c1-16(2)31-20-10-6-5-9-19(20)27-13-11-26(12-14-27)15-21(28)25-22-23(29)17-7-3-4-8-18(17)24(22)30;/h3-6,9-10,16-18,22H,7-8,11-15H2,1-2H3,(H,25,28);1H. The highest BCUT2D eigenvalue weighted by molar-refractivity contribution is 6.16. The van der Waals surface area contributed by atoms with Crippen molar-refractivity contribution in [2.45, 2.75) is 38.8 Å². The molecule has 2 fully saturated rings. The number of anilines is 1. The third-order valence-electron chi connectivity index (χ3n) is 6.35. The van der Waals surface area contributed by atoms with Crippen molar-refractivity contribution < 1.29 is 19.1 Å². The number of fused-ring (bicyclic) bond motifs is 1. The Labute approximate surface area is 195 Å². The highest BCUT2D eigenvalue weighted by Gasteiger charge is 2.49. The molecule has 2 unspecified atom stereocenters. The molecular formula is C24H32ClN3O4. The molecule has 1 N–H and O–H groups in total. The number of hydrogen-bond donors (Lipinski definition) is 1. The van der Waals surface area contributed by atoms with Crippen molar-refractivity contribution in [3.05, 3.63) is 36.4 Å². The molecule has 0 radical (unpaired) electrons. The Kier molecular flexibility index (Phi) is 7.96. The van der Waals surface area contributed by atoms with Gasteiger partial charge in [0.05, 0.1) is 18.3 Å². The molecule has 2 atom stereocenters. The summed E-state index contributed by atoms with van der Waals surface area (Å²) in [6.07, 6.45) is 5.23. The Morgan fingerprint density at radius 1 is 1.03 bits per heavy atom. The van der Waals surface area contributed by atoms with Crippen LogP contribution in [0.15, 0.2) is 36.4 Å². The van der Waals surface area contributed by atoms with Crippen LogP contribution in [0, 0.1) is 11.8 Å². The van der Waals surface area contributed by atoms with E-state index in [4.69, 9.17) is 4.74 Å². The van der Waals surface area contributed by atoms with E-state index >= 15 is 0 Å². The molecule has 0 bridgehead atoms. The minimum atomic E-state index is -0.969. The lowest BCUT2D eigenvalue weighted by Gasteiger charge is -2.36. The topological polar surface area (TPSA) is 79.0 Å². The third-order valence-corrected chi connectivity index (χ3v) is 6.35. The highest BCUT2D eigenvalue weighted by atomic mass is 35.5. The summed E-state index contributed by atoms with van der Waals surface area (Å²) in [6, 6.07) is 7.05. The van der Waals surface area contributed by atoms with E-state index in [-0.39, 0.29) is 54.4 Å². The van der Waals surface area contributed by atoms with Gasteiger partial charge in [-0.15, -0.1) is 12.4 Å². The van der Waals surface area contributed by atoms with Gasteiger partial charge in [-0.3, -0.25) is 19.3 Å². The molecule has 0 spiro atoms. The van der Waals surface area contributed by atoms with Crippen molar-refractivity contribution in [1.29, 1.82) is 0 Å². The first-order valence-corrected chi connectivity index (χ1v) is 11.2.